The van der Waals surface area contributed by atoms with Crippen LogP contribution in [0.1, 0.15) is 56.9 Å². The average molecular weight is 367 g/mol. The summed E-state index contributed by atoms with van der Waals surface area (Å²) in [6.45, 7) is 1.94. The van der Waals surface area contributed by atoms with Gasteiger partial charge >= 0.3 is 6.11 Å². The molecule has 0 N–H and O–H groups in total. The predicted molar refractivity (Wildman–Crippen MR) is 102 cm³/mol. The fraction of sp³-hybridized carbons (Fsp3) is 0.714. The van der Waals surface area contributed by atoms with Gasteiger partial charge in [0.15, 0.2) is 0 Å². The molecule has 0 aliphatic heterocycles. The van der Waals surface area contributed by atoms with Gasteiger partial charge in [-0.05, 0) is 75.3 Å². The number of rotatable bonds is 5. The molecule has 140 valence electrons. The van der Waals surface area contributed by atoms with Gasteiger partial charge in [0.25, 0.3) is 0 Å². The molecule has 2 aliphatic rings. The molecule has 1 aromatic carbocycles. The zero-order valence-electron chi connectivity index (χ0n) is 15.6. The first kappa shape index (κ1) is 18.9. The van der Waals surface area contributed by atoms with Gasteiger partial charge in [-0.3, -0.25) is 0 Å². The van der Waals surface area contributed by atoms with Gasteiger partial charge in [-0.15, -0.1) is 0 Å². The zero-order chi connectivity index (χ0) is 17.9. The molecule has 2 fully saturated rings. The molecule has 0 radical (unpaired) electrons. The Bertz CT molecular complexity index is 529. The molecule has 0 unspecified atom stereocenters. The molecule has 0 heterocycles. The van der Waals surface area contributed by atoms with E-state index in [2.05, 4.69) is 0 Å². The molecular formula is C21H32F2OSi. The first-order valence-corrected chi connectivity index (χ1v) is 11.5. The fourth-order valence-corrected chi connectivity index (χ4v) is 5.66. The van der Waals surface area contributed by atoms with Gasteiger partial charge in [0, 0.05) is 10.2 Å². The first-order chi connectivity index (χ1) is 12.0. The first-order valence-electron chi connectivity index (χ1n) is 10.1. The molecule has 4 heteroatoms. The number of halogens is 2. The van der Waals surface area contributed by atoms with E-state index in [0.717, 1.165) is 30.2 Å². The third kappa shape index (κ3) is 4.84. The van der Waals surface area contributed by atoms with Crippen LogP contribution < -0.4 is 4.74 Å². The topological polar surface area (TPSA) is 9.23 Å². The van der Waals surface area contributed by atoms with Crippen molar-refractivity contribution in [1.29, 1.82) is 0 Å². The highest BCUT2D eigenvalue weighted by Crippen LogP contribution is 2.45. The van der Waals surface area contributed by atoms with Gasteiger partial charge in [-0.25, -0.2) is 0 Å². The lowest BCUT2D eigenvalue weighted by atomic mass is 9.69. The highest BCUT2D eigenvalue weighted by Gasteiger charge is 2.45. The minimum atomic E-state index is -3.05. The minimum Gasteiger partial charge on any atom is -0.432 e. The second kappa shape index (κ2) is 8.19. The van der Waals surface area contributed by atoms with Crippen LogP contribution in [0.4, 0.5) is 8.78 Å². The molecule has 3 rings (SSSR count). The van der Waals surface area contributed by atoms with E-state index in [1.807, 2.05) is 19.1 Å². The Morgan fingerprint density at radius 2 is 1.44 bits per heavy atom. The number of alkyl halides is 2. The maximum Gasteiger partial charge on any atom is 0.400 e. The van der Waals surface area contributed by atoms with E-state index in [4.69, 9.17) is 4.74 Å². The number of ether oxygens (including phenoxy) is 1. The predicted octanol–water partition coefficient (Wildman–Crippen LogP) is 5.36. The van der Waals surface area contributed by atoms with Crippen molar-refractivity contribution in [3.63, 3.8) is 0 Å². The summed E-state index contributed by atoms with van der Waals surface area (Å²) in [6, 6.07) is 8.35. The lowest BCUT2D eigenvalue weighted by Crippen LogP contribution is -2.38. The van der Waals surface area contributed by atoms with Gasteiger partial charge in [0.05, 0.1) is 5.92 Å². The summed E-state index contributed by atoms with van der Waals surface area (Å²) in [5, 5.41) is 0. The van der Waals surface area contributed by atoms with Crippen molar-refractivity contribution in [3.05, 3.63) is 29.8 Å². The maximum absolute atomic E-state index is 14.5. The third-order valence-electron chi connectivity index (χ3n) is 6.66. The highest BCUT2D eigenvalue weighted by atomic mass is 28.1. The van der Waals surface area contributed by atoms with Crippen molar-refractivity contribution in [2.45, 2.75) is 70.4 Å². The molecule has 1 aromatic rings. The summed E-state index contributed by atoms with van der Waals surface area (Å²) >= 11 is 0. The second-order valence-electron chi connectivity index (χ2n) is 8.28. The molecule has 25 heavy (non-hydrogen) atoms. The van der Waals surface area contributed by atoms with E-state index in [1.54, 1.807) is 12.1 Å². The monoisotopic (exact) mass is 366 g/mol. The summed E-state index contributed by atoms with van der Waals surface area (Å²) in [5.41, 5.74) is 1.05. The van der Waals surface area contributed by atoms with Crippen LogP contribution in [-0.4, -0.2) is 16.4 Å². The summed E-state index contributed by atoms with van der Waals surface area (Å²) in [7, 11) is 1.32. The summed E-state index contributed by atoms with van der Waals surface area (Å²) < 4.78 is 34.2. The van der Waals surface area contributed by atoms with Crippen LogP contribution in [0.3, 0.4) is 0 Å². The second-order valence-corrected chi connectivity index (χ2v) is 9.09. The third-order valence-corrected chi connectivity index (χ3v) is 7.81. The Labute approximate surface area is 154 Å². The number of aryl methyl sites for hydroxylation is 1. The molecule has 2 saturated carbocycles. The highest BCUT2D eigenvalue weighted by molar-refractivity contribution is 6.08. The van der Waals surface area contributed by atoms with E-state index in [-0.39, 0.29) is 5.75 Å². The van der Waals surface area contributed by atoms with Gasteiger partial charge in [0.1, 0.15) is 5.75 Å². The van der Waals surface area contributed by atoms with Crippen molar-refractivity contribution in [2.24, 2.45) is 23.7 Å². The SMILES string of the molecule is Cc1ccc(OC(F)(F)C2CCC(C3CCC(C[SiH3])CC3)CC2)cc1. The van der Waals surface area contributed by atoms with Gasteiger partial charge < -0.3 is 4.74 Å². The standard InChI is InChI=1S/C21H32F2OSi/c1-15-2-12-20(13-3-15)24-21(22,23)19-10-8-18(9-11-19)17-6-4-16(14-25)5-7-17/h2-3,12-13,16-19H,4-11,14H2,1,25H3. The molecule has 0 spiro atoms. The van der Waals surface area contributed by atoms with Crippen molar-refractivity contribution >= 4 is 10.2 Å². The number of hydrogen-bond acceptors (Lipinski definition) is 1. The lowest BCUT2D eigenvalue weighted by molar-refractivity contribution is -0.224. The quantitative estimate of drug-likeness (QED) is 0.637. The Morgan fingerprint density at radius 1 is 0.920 bits per heavy atom. The van der Waals surface area contributed by atoms with Gasteiger partial charge in [-0.1, -0.05) is 36.6 Å². The van der Waals surface area contributed by atoms with Crippen LogP contribution in [0, 0.1) is 30.6 Å². The van der Waals surface area contributed by atoms with Gasteiger partial charge in [0.2, 0.25) is 0 Å². The Hall–Kier alpha value is -0.903. The number of benzene rings is 1. The van der Waals surface area contributed by atoms with Crippen LogP contribution in [0.15, 0.2) is 24.3 Å². The molecule has 2 aliphatic carbocycles. The van der Waals surface area contributed by atoms with Crippen LogP contribution in [-0.2, 0) is 0 Å². The fourth-order valence-electron chi connectivity index (χ4n) is 4.84. The molecule has 0 amide bonds. The smallest absolute Gasteiger partial charge is 0.400 e. The zero-order valence-corrected chi connectivity index (χ0v) is 17.6. The minimum absolute atomic E-state index is 0.277. The van der Waals surface area contributed by atoms with Crippen LogP contribution in [0.2, 0.25) is 6.04 Å². The van der Waals surface area contributed by atoms with Crippen molar-refractivity contribution < 1.29 is 13.5 Å². The van der Waals surface area contributed by atoms with E-state index in [0.29, 0.717) is 18.8 Å². The van der Waals surface area contributed by atoms with E-state index in [1.165, 1.54) is 42.0 Å². The molecular weight excluding hydrogens is 334 g/mol. The van der Waals surface area contributed by atoms with Gasteiger partial charge in [-0.2, -0.15) is 8.78 Å². The van der Waals surface area contributed by atoms with Crippen molar-refractivity contribution in [2.75, 3.05) is 0 Å². The molecule has 0 saturated heterocycles. The number of hydrogen-bond donors (Lipinski definition) is 0. The summed E-state index contributed by atoms with van der Waals surface area (Å²) in [6.07, 6.45) is 5.47. The summed E-state index contributed by atoms with van der Waals surface area (Å²) in [5.74, 6) is 2.06. The summed E-state index contributed by atoms with van der Waals surface area (Å²) in [4.78, 5) is 0. The van der Waals surface area contributed by atoms with Crippen molar-refractivity contribution in [3.8, 4) is 5.75 Å². The van der Waals surface area contributed by atoms with Crippen molar-refractivity contribution in [1.82, 2.24) is 0 Å². The Balaban J connectivity index is 1.50. The van der Waals surface area contributed by atoms with E-state index in [9.17, 15) is 8.78 Å². The largest absolute Gasteiger partial charge is 0.432 e. The Morgan fingerprint density at radius 3 is 1.96 bits per heavy atom. The van der Waals surface area contributed by atoms with E-state index >= 15 is 0 Å². The Kier molecular flexibility index (Phi) is 6.19. The lowest BCUT2D eigenvalue weighted by Gasteiger charge is -2.39. The normalized spacial score (nSPS) is 31.0. The molecule has 1 nitrogen and oxygen atoms in total. The van der Waals surface area contributed by atoms with Crippen LogP contribution in [0.5, 0.6) is 5.75 Å². The van der Waals surface area contributed by atoms with E-state index < -0.39 is 12.0 Å². The average Bonchev–Trinajstić information content (AvgIpc) is 2.64. The van der Waals surface area contributed by atoms with Crippen LogP contribution in [0.25, 0.3) is 0 Å². The van der Waals surface area contributed by atoms with Crippen LogP contribution >= 0.6 is 0 Å². The molecule has 0 atom stereocenters. The maximum atomic E-state index is 14.5. The molecule has 0 bridgehead atoms. The molecule has 0 aromatic heterocycles.